The van der Waals surface area contributed by atoms with Gasteiger partial charge in [0.1, 0.15) is 42.7 Å². The molecule has 0 aromatic carbocycles. The third-order valence-corrected chi connectivity index (χ3v) is 18.2. The molecule has 1 spiro atoms. The molecule has 14 heteroatoms. The summed E-state index contributed by atoms with van der Waals surface area (Å²) in [5.41, 5.74) is -2.08. The molecule has 4 saturated carbocycles. The topological polar surface area (TPSA) is 214 Å². The van der Waals surface area contributed by atoms with Crippen molar-refractivity contribution >= 4 is 5.97 Å². The number of carbonyl (C=O) groups excluding carboxylic acids is 1. The van der Waals surface area contributed by atoms with Crippen LogP contribution in [0.4, 0.5) is 0 Å². The zero-order chi connectivity index (χ0) is 42.2. The molecule has 7 fully saturated rings. The van der Waals surface area contributed by atoms with Crippen molar-refractivity contribution in [3.8, 4) is 0 Å². The molecule has 8 rings (SSSR count). The second kappa shape index (κ2) is 14.4. The zero-order valence-electron chi connectivity index (χ0n) is 35.6. The Morgan fingerprint density at radius 2 is 1.50 bits per heavy atom. The summed E-state index contributed by atoms with van der Waals surface area (Å²) in [6, 6.07) is 0. The summed E-state index contributed by atoms with van der Waals surface area (Å²) in [7, 11) is 0. The van der Waals surface area contributed by atoms with Crippen molar-refractivity contribution in [1.82, 2.24) is 0 Å². The third-order valence-electron chi connectivity index (χ3n) is 18.2. The van der Waals surface area contributed by atoms with Crippen LogP contribution in [0, 0.1) is 50.2 Å². The van der Waals surface area contributed by atoms with Gasteiger partial charge in [0.05, 0.1) is 43.7 Å². The summed E-state index contributed by atoms with van der Waals surface area (Å²) >= 11 is 0. The van der Waals surface area contributed by atoms with Gasteiger partial charge in [-0.25, -0.2) is 0 Å². The maximum absolute atomic E-state index is 12.5. The molecule has 0 aromatic heterocycles. The van der Waals surface area contributed by atoms with Crippen LogP contribution in [0.2, 0.25) is 0 Å². The number of allylic oxidation sites excluding steroid dienone is 1. The van der Waals surface area contributed by atoms with Crippen LogP contribution in [0.3, 0.4) is 0 Å². The van der Waals surface area contributed by atoms with Crippen LogP contribution < -0.4 is 0 Å². The molecule has 8 aliphatic rings. The lowest BCUT2D eigenvalue weighted by atomic mass is 9.32. The van der Waals surface area contributed by atoms with Crippen LogP contribution in [-0.2, 0) is 33.2 Å². The highest BCUT2D eigenvalue weighted by atomic mass is 16.7. The lowest BCUT2D eigenvalue weighted by molar-refractivity contribution is -0.367. The van der Waals surface area contributed by atoms with Crippen LogP contribution in [-0.4, -0.2) is 141 Å². The van der Waals surface area contributed by atoms with E-state index >= 15 is 0 Å². The van der Waals surface area contributed by atoms with Crippen molar-refractivity contribution in [2.75, 3.05) is 19.8 Å². The van der Waals surface area contributed by atoms with Gasteiger partial charge >= 0.3 is 5.97 Å². The van der Waals surface area contributed by atoms with Crippen LogP contribution in [0.25, 0.3) is 0 Å². The summed E-state index contributed by atoms with van der Waals surface area (Å²) in [4.78, 5) is 12.5. The van der Waals surface area contributed by atoms with Crippen LogP contribution in [0.5, 0.6) is 0 Å². The molecule has 5 aliphatic carbocycles. The van der Waals surface area contributed by atoms with E-state index in [1.807, 2.05) is 0 Å². The van der Waals surface area contributed by atoms with Crippen molar-refractivity contribution in [3.05, 3.63) is 12.2 Å². The van der Waals surface area contributed by atoms with E-state index in [0.29, 0.717) is 19.4 Å². The van der Waals surface area contributed by atoms with Gasteiger partial charge in [0.15, 0.2) is 12.6 Å². The molecule has 21 atom stereocenters. The van der Waals surface area contributed by atoms with E-state index in [1.54, 1.807) is 6.92 Å². The van der Waals surface area contributed by atoms with E-state index in [2.05, 4.69) is 53.7 Å². The summed E-state index contributed by atoms with van der Waals surface area (Å²) < 4.78 is 37.3. The van der Waals surface area contributed by atoms with Crippen molar-refractivity contribution in [3.63, 3.8) is 0 Å². The van der Waals surface area contributed by atoms with Gasteiger partial charge in [0.25, 0.3) is 0 Å². The number of ether oxygens (including phenoxy) is 6. The minimum atomic E-state index is -1.74. The van der Waals surface area contributed by atoms with Crippen molar-refractivity contribution in [2.24, 2.45) is 50.2 Å². The number of esters is 1. The number of hydrogen-bond donors (Lipinski definition) is 7. The Balaban J connectivity index is 1.08. The largest absolute Gasteiger partial charge is 0.465 e. The Labute approximate surface area is 342 Å². The first-order chi connectivity index (χ1) is 27.0. The van der Waals surface area contributed by atoms with Gasteiger partial charge in [-0.05, 0) is 86.4 Å². The monoisotopic (exact) mass is 822 g/mol. The molecule has 0 radical (unpaired) electrons. The number of rotatable bonds is 7. The van der Waals surface area contributed by atoms with E-state index in [0.717, 1.165) is 38.5 Å². The predicted molar refractivity (Wildman–Crippen MR) is 206 cm³/mol. The molecule has 3 heterocycles. The third kappa shape index (κ3) is 5.97. The van der Waals surface area contributed by atoms with Crippen LogP contribution >= 0.6 is 0 Å². The Morgan fingerprint density at radius 3 is 2.19 bits per heavy atom. The fourth-order valence-corrected chi connectivity index (χ4v) is 14.5. The normalized spacial score (nSPS) is 57.1. The van der Waals surface area contributed by atoms with Gasteiger partial charge in [-0.3, -0.25) is 4.79 Å². The minimum Gasteiger partial charge on any atom is -0.465 e. The standard InChI is InChI=1S/C44H70O14/c1-22-30(48)35(58-36-33(51)32(50)31(49)24(19-45)56-36)34(52)37(55-22)57-29-11-12-39(5)25(40(29,6)20-53-23(2)46)9-13-41(7)26(39)10-14-44-27-17-38(3,4)15-16-43(27,21-54-44)28(47)18-42(41,44)8/h10,14,22,24-37,45,47-52H,9,11-13,15-21H2,1-8H3. The average molecular weight is 823 g/mol. The Hall–Kier alpha value is -1.27. The minimum absolute atomic E-state index is 0.00843. The van der Waals surface area contributed by atoms with E-state index in [1.165, 1.54) is 6.92 Å². The van der Waals surface area contributed by atoms with Gasteiger partial charge in [0, 0.05) is 29.1 Å². The van der Waals surface area contributed by atoms with Gasteiger partial charge in [-0.2, -0.15) is 0 Å². The van der Waals surface area contributed by atoms with Crippen molar-refractivity contribution in [1.29, 1.82) is 0 Å². The lowest BCUT2D eigenvalue weighted by Gasteiger charge is -2.73. The maximum Gasteiger partial charge on any atom is 0.302 e. The average Bonchev–Trinajstić information content (AvgIpc) is 3.44. The summed E-state index contributed by atoms with van der Waals surface area (Å²) in [6.45, 7) is 17.0. The Morgan fingerprint density at radius 1 is 0.793 bits per heavy atom. The fourth-order valence-electron chi connectivity index (χ4n) is 14.5. The SMILES string of the molecule is CC(=O)OCC1(C)C(OC2OC(C)C(O)C(OC3OC(CO)C(O)C(O)C3O)C2O)CCC2(C)C1CCC1(C)C2C=CC23OCC4(CCC(C)(C)CC42)C(O)CC13C. The van der Waals surface area contributed by atoms with Gasteiger partial charge in [-0.1, -0.05) is 53.7 Å². The van der Waals surface area contributed by atoms with E-state index in [-0.39, 0.29) is 51.4 Å². The molecule has 7 N–H and O–H groups in total. The highest BCUT2D eigenvalue weighted by Crippen LogP contribution is 2.79. The molecule has 21 unspecified atom stereocenters. The smallest absolute Gasteiger partial charge is 0.302 e. The molecule has 330 valence electrons. The first-order valence-electron chi connectivity index (χ1n) is 21.8. The second-order valence-corrected chi connectivity index (χ2v) is 21.6. The fraction of sp³-hybridized carbons (Fsp3) is 0.932. The summed E-state index contributed by atoms with van der Waals surface area (Å²) in [5, 5.41) is 76.1. The summed E-state index contributed by atoms with van der Waals surface area (Å²) in [5.74, 6) is -0.0524. The molecular weight excluding hydrogens is 752 g/mol. The second-order valence-electron chi connectivity index (χ2n) is 21.6. The molecular formula is C44H70O14. The van der Waals surface area contributed by atoms with Gasteiger partial charge in [0.2, 0.25) is 0 Å². The Kier molecular flexibility index (Phi) is 10.8. The molecule has 3 aliphatic heterocycles. The zero-order valence-corrected chi connectivity index (χ0v) is 35.6. The molecule has 0 amide bonds. The number of carbonyl (C=O) groups is 1. The quantitative estimate of drug-likeness (QED) is 0.112. The van der Waals surface area contributed by atoms with E-state index in [4.69, 9.17) is 28.4 Å². The van der Waals surface area contributed by atoms with E-state index < -0.39 is 97.2 Å². The number of aliphatic hydroxyl groups is 7. The van der Waals surface area contributed by atoms with E-state index in [9.17, 15) is 40.5 Å². The molecule has 58 heavy (non-hydrogen) atoms. The van der Waals surface area contributed by atoms with Gasteiger partial charge in [-0.15, -0.1) is 0 Å². The highest BCUT2D eigenvalue weighted by Gasteiger charge is 2.79. The number of hydrogen-bond acceptors (Lipinski definition) is 14. The van der Waals surface area contributed by atoms with Crippen LogP contribution in [0.1, 0.15) is 107 Å². The molecule has 0 aromatic rings. The summed E-state index contributed by atoms with van der Waals surface area (Å²) in [6.07, 6.45) is -3.87. The Bertz CT molecular complexity index is 1610. The lowest BCUT2D eigenvalue weighted by Crippen LogP contribution is -2.72. The molecule has 2 bridgehead atoms. The van der Waals surface area contributed by atoms with Crippen molar-refractivity contribution < 1.29 is 69.0 Å². The predicted octanol–water partition coefficient (Wildman–Crippen LogP) is 2.35. The van der Waals surface area contributed by atoms with Gasteiger partial charge < -0.3 is 64.2 Å². The molecule has 14 nitrogen and oxygen atoms in total. The molecule has 3 saturated heterocycles. The number of aliphatic hydroxyl groups excluding tert-OH is 7. The number of fused-ring (bicyclic) bond motifs is 4. The first kappa shape index (κ1) is 43.4. The maximum atomic E-state index is 12.5. The van der Waals surface area contributed by atoms with Crippen LogP contribution in [0.15, 0.2) is 12.2 Å². The first-order valence-corrected chi connectivity index (χ1v) is 21.8. The highest BCUT2D eigenvalue weighted by molar-refractivity contribution is 5.66. The van der Waals surface area contributed by atoms with Crippen molar-refractivity contribution in [2.45, 2.75) is 186 Å².